The van der Waals surface area contributed by atoms with Crippen molar-refractivity contribution in [3.05, 3.63) is 59.9 Å². The van der Waals surface area contributed by atoms with E-state index in [1.807, 2.05) is 18.3 Å². The van der Waals surface area contributed by atoms with E-state index in [1.54, 1.807) is 0 Å². The van der Waals surface area contributed by atoms with Gasteiger partial charge in [-0.15, -0.1) is 0 Å². The number of benzene rings is 1. The van der Waals surface area contributed by atoms with E-state index in [0.717, 1.165) is 18.7 Å². The van der Waals surface area contributed by atoms with Crippen molar-refractivity contribution in [3.63, 3.8) is 0 Å². The molecule has 0 aliphatic rings. The van der Waals surface area contributed by atoms with Crippen molar-refractivity contribution in [2.24, 2.45) is 5.73 Å². The molecule has 0 saturated carbocycles. The zero-order valence-corrected chi connectivity index (χ0v) is 13.7. The fraction of sp³-hybridized carbons (Fsp3) is 0.389. The van der Waals surface area contributed by atoms with Crippen molar-refractivity contribution < 1.29 is 0 Å². The molecule has 0 bridgehead atoms. The molecule has 2 aromatic rings. The van der Waals surface area contributed by atoms with Crippen molar-refractivity contribution in [2.75, 3.05) is 39.1 Å². The number of nitrogens with zero attached hydrogens (tertiary/aromatic N) is 3. The number of hydrogen-bond donors (Lipinski definition) is 1. The molecule has 1 aromatic heterocycles. The summed E-state index contributed by atoms with van der Waals surface area (Å²) in [5, 5.41) is 0. The highest BCUT2D eigenvalue weighted by Gasteiger charge is 2.15. The van der Waals surface area contributed by atoms with Crippen molar-refractivity contribution in [3.8, 4) is 0 Å². The molecule has 1 atom stereocenters. The lowest BCUT2D eigenvalue weighted by Gasteiger charge is -2.27. The summed E-state index contributed by atoms with van der Waals surface area (Å²) in [5.74, 6) is 0. The number of pyridine rings is 1. The maximum atomic E-state index is 6.00. The van der Waals surface area contributed by atoms with E-state index in [4.69, 9.17) is 5.73 Å². The van der Waals surface area contributed by atoms with Gasteiger partial charge in [-0.2, -0.15) is 0 Å². The van der Waals surface area contributed by atoms with Crippen LogP contribution in [0.3, 0.4) is 0 Å². The fourth-order valence-corrected chi connectivity index (χ4v) is 2.56. The Bertz CT molecular complexity index is 551. The molecule has 0 aliphatic carbocycles. The highest BCUT2D eigenvalue weighted by molar-refractivity contribution is 5.46. The van der Waals surface area contributed by atoms with Gasteiger partial charge in [0.1, 0.15) is 0 Å². The third-order valence-corrected chi connectivity index (χ3v) is 4.00. The maximum Gasteiger partial charge on any atom is 0.0467 e. The van der Waals surface area contributed by atoms with E-state index in [2.05, 4.69) is 66.3 Å². The quantitative estimate of drug-likeness (QED) is 0.852. The van der Waals surface area contributed by atoms with Gasteiger partial charge in [-0.3, -0.25) is 9.88 Å². The van der Waals surface area contributed by atoms with Crippen LogP contribution in [0.4, 0.5) is 5.69 Å². The van der Waals surface area contributed by atoms with Gasteiger partial charge >= 0.3 is 0 Å². The first kappa shape index (κ1) is 16.5. The lowest BCUT2D eigenvalue weighted by atomic mass is 10.0. The van der Waals surface area contributed by atoms with Crippen LogP contribution in [-0.2, 0) is 6.42 Å². The topological polar surface area (TPSA) is 45.4 Å². The van der Waals surface area contributed by atoms with Crippen molar-refractivity contribution >= 4 is 5.69 Å². The molecule has 0 amide bonds. The molecule has 22 heavy (non-hydrogen) atoms. The van der Waals surface area contributed by atoms with Crippen molar-refractivity contribution in [2.45, 2.75) is 12.5 Å². The molecule has 0 aliphatic heterocycles. The molecule has 1 aromatic carbocycles. The second-order valence-electron chi connectivity index (χ2n) is 5.79. The minimum absolute atomic E-state index is 0.236. The normalized spacial score (nSPS) is 12.4. The molecule has 0 saturated heterocycles. The monoisotopic (exact) mass is 298 g/mol. The Hall–Kier alpha value is -1.91. The lowest BCUT2D eigenvalue weighted by molar-refractivity contribution is 0.252. The minimum Gasteiger partial charge on any atom is -0.378 e. The number of hydrogen-bond acceptors (Lipinski definition) is 4. The first-order valence-corrected chi connectivity index (χ1v) is 7.69. The Labute approximate surface area is 133 Å². The second-order valence-corrected chi connectivity index (χ2v) is 5.79. The third-order valence-electron chi connectivity index (χ3n) is 4.00. The Morgan fingerprint density at radius 1 is 1.05 bits per heavy atom. The van der Waals surface area contributed by atoms with Crippen molar-refractivity contribution in [1.29, 1.82) is 0 Å². The zero-order valence-electron chi connectivity index (χ0n) is 13.7. The summed E-state index contributed by atoms with van der Waals surface area (Å²) in [6.45, 7) is 1.55. The van der Waals surface area contributed by atoms with E-state index in [1.165, 1.54) is 11.3 Å². The number of nitrogens with two attached hydrogens (primary N) is 1. The van der Waals surface area contributed by atoms with Crippen LogP contribution < -0.4 is 10.6 Å². The van der Waals surface area contributed by atoms with Gasteiger partial charge in [0.15, 0.2) is 0 Å². The molecule has 2 N–H and O–H groups in total. The number of rotatable bonds is 7. The first-order valence-electron chi connectivity index (χ1n) is 7.69. The molecular weight excluding hydrogens is 272 g/mol. The van der Waals surface area contributed by atoms with Gasteiger partial charge in [0.05, 0.1) is 0 Å². The van der Waals surface area contributed by atoms with Crippen LogP contribution in [-0.4, -0.2) is 44.1 Å². The van der Waals surface area contributed by atoms with E-state index in [0.29, 0.717) is 6.54 Å². The minimum atomic E-state index is 0.236. The molecule has 0 radical (unpaired) electrons. The van der Waals surface area contributed by atoms with Gasteiger partial charge in [0.25, 0.3) is 0 Å². The number of anilines is 1. The third kappa shape index (κ3) is 4.29. The van der Waals surface area contributed by atoms with Crippen LogP contribution in [0.2, 0.25) is 0 Å². The average Bonchev–Trinajstić information content (AvgIpc) is 2.55. The van der Waals surface area contributed by atoms with Gasteiger partial charge in [-0.1, -0.05) is 18.2 Å². The predicted molar refractivity (Wildman–Crippen MR) is 93.1 cm³/mol. The van der Waals surface area contributed by atoms with Gasteiger partial charge < -0.3 is 10.6 Å². The molecule has 2 rings (SSSR count). The van der Waals surface area contributed by atoms with Crippen LogP contribution in [0.5, 0.6) is 0 Å². The van der Waals surface area contributed by atoms with Gasteiger partial charge in [0.2, 0.25) is 0 Å². The predicted octanol–water partition coefficient (Wildman–Crippen LogP) is 2.32. The van der Waals surface area contributed by atoms with Gasteiger partial charge in [-0.25, -0.2) is 0 Å². The summed E-state index contributed by atoms with van der Waals surface area (Å²) in [4.78, 5) is 8.78. The number of aromatic nitrogens is 1. The summed E-state index contributed by atoms with van der Waals surface area (Å²) < 4.78 is 0. The molecular formula is C18H26N4. The van der Waals surface area contributed by atoms with Gasteiger partial charge in [-0.05, 0) is 36.9 Å². The Balaban J connectivity index is 2.00. The average molecular weight is 298 g/mol. The largest absolute Gasteiger partial charge is 0.378 e. The number of likely N-dealkylation sites (N-methyl/N-ethyl adjacent to an activating group) is 1. The van der Waals surface area contributed by atoms with Crippen LogP contribution in [0.25, 0.3) is 0 Å². The van der Waals surface area contributed by atoms with Crippen LogP contribution in [0, 0.1) is 0 Å². The van der Waals surface area contributed by atoms with Crippen molar-refractivity contribution in [1.82, 2.24) is 9.88 Å². The summed E-state index contributed by atoms with van der Waals surface area (Å²) in [6, 6.07) is 14.9. The molecule has 118 valence electrons. The first-order chi connectivity index (χ1) is 10.6. The molecule has 4 nitrogen and oxygen atoms in total. The molecule has 0 spiro atoms. The van der Waals surface area contributed by atoms with Crippen LogP contribution in [0.15, 0.2) is 48.7 Å². The second kappa shape index (κ2) is 7.92. The molecule has 1 heterocycles. The highest BCUT2D eigenvalue weighted by Crippen LogP contribution is 2.21. The standard InChI is InChI=1S/C18H26N4/c1-21(2)17-9-7-15(8-10-17)18(14-19)22(3)13-11-16-6-4-5-12-20-16/h4-10,12,18H,11,13-14,19H2,1-3H3. The zero-order chi connectivity index (χ0) is 15.9. The maximum absolute atomic E-state index is 6.00. The summed E-state index contributed by atoms with van der Waals surface area (Å²) >= 11 is 0. The molecule has 1 unspecified atom stereocenters. The fourth-order valence-electron chi connectivity index (χ4n) is 2.56. The van der Waals surface area contributed by atoms with E-state index < -0.39 is 0 Å². The lowest BCUT2D eigenvalue weighted by Crippen LogP contribution is -2.32. The molecule has 4 heteroatoms. The van der Waals surface area contributed by atoms with E-state index >= 15 is 0 Å². The summed E-state index contributed by atoms with van der Waals surface area (Å²) in [5.41, 5.74) is 9.59. The van der Waals surface area contributed by atoms with Crippen LogP contribution in [0.1, 0.15) is 17.3 Å². The molecule has 0 fully saturated rings. The Morgan fingerprint density at radius 3 is 2.32 bits per heavy atom. The highest BCUT2D eigenvalue weighted by atomic mass is 15.1. The van der Waals surface area contributed by atoms with Crippen LogP contribution >= 0.6 is 0 Å². The Kier molecular flexibility index (Phi) is 5.92. The SMILES string of the molecule is CN(C)c1ccc(C(CN)N(C)CCc2ccccn2)cc1. The van der Waals surface area contributed by atoms with Gasteiger partial charge in [0, 0.05) is 57.2 Å². The van der Waals surface area contributed by atoms with E-state index in [-0.39, 0.29) is 6.04 Å². The summed E-state index contributed by atoms with van der Waals surface area (Å²) in [6.07, 6.45) is 2.78. The van der Waals surface area contributed by atoms with E-state index in [9.17, 15) is 0 Å². The smallest absolute Gasteiger partial charge is 0.0467 e. The Morgan fingerprint density at radius 2 is 1.77 bits per heavy atom. The summed E-state index contributed by atoms with van der Waals surface area (Å²) in [7, 11) is 6.23.